The number of imide groups is 1. The summed E-state index contributed by atoms with van der Waals surface area (Å²) in [6, 6.07) is 14.6. The molecule has 3 aromatic rings. The lowest BCUT2D eigenvalue weighted by atomic mass is 9.98. The molecule has 0 bridgehead atoms. The molecule has 5 rings (SSSR count). The summed E-state index contributed by atoms with van der Waals surface area (Å²) in [6.45, 7) is 4.63. The second kappa shape index (κ2) is 13.1. The first kappa shape index (κ1) is 31.0. The molecule has 12 nitrogen and oxygen atoms in total. The van der Waals surface area contributed by atoms with Crippen LogP contribution in [0.5, 0.6) is 23.0 Å². The van der Waals surface area contributed by atoms with Gasteiger partial charge >= 0.3 is 11.9 Å². The van der Waals surface area contributed by atoms with Crippen molar-refractivity contribution in [3.63, 3.8) is 0 Å². The lowest BCUT2D eigenvalue weighted by Gasteiger charge is -2.37. The van der Waals surface area contributed by atoms with Crippen molar-refractivity contribution in [2.75, 3.05) is 50.2 Å². The number of carbonyl (C=O) groups excluding carboxylic acids is 5. The number of benzene rings is 3. The first-order valence-electron chi connectivity index (χ1n) is 14.4. The number of hydrogen-bond donors (Lipinski definition) is 0. The Balaban J connectivity index is 1.33. The molecule has 12 heteroatoms. The van der Waals surface area contributed by atoms with Crippen LogP contribution in [0.1, 0.15) is 46.5 Å². The smallest absolute Gasteiger partial charge is 0.308 e. The lowest BCUT2D eigenvalue weighted by Crippen LogP contribution is -2.49. The first-order valence-corrected chi connectivity index (χ1v) is 14.4. The van der Waals surface area contributed by atoms with Crippen LogP contribution in [0.25, 0.3) is 0 Å². The number of piperazine rings is 1. The van der Waals surface area contributed by atoms with Crippen LogP contribution in [0.3, 0.4) is 0 Å². The lowest BCUT2D eigenvalue weighted by molar-refractivity contribution is -0.132. The number of nitrogens with zero attached hydrogens (tertiary/aromatic N) is 3. The van der Waals surface area contributed by atoms with Crippen molar-refractivity contribution in [3.8, 4) is 23.0 Å². The molecule has 0 aromatic heterocycles. The third-order valence-corrected chi connectivity index (χ3v) is 7.58. The average Bonchev–Trinajstić information content (AvgIpc) is 3.02. The summed E-state index contributed by atoms with van der Waals surface area (Å²) >= 11 is 0. The number of ether oxygens (including phenoxy) is 4. The molecular weight excluding hydrogens is 582 g/mol. The van der Waals surface area contributed by atoms with Gasteiger partial charge in [0.15, 0.2) is 11.5 Å². The molecule has 1 saturated heterocycles. The minimum atomic E-state index is -0.640. The molecule has 234 valence electrons. The second-order valence-corrected chi connectivity index (χ2v) is 10.6. The molecule has 45 heavy (non-hydrogen) atoms. The number of hydrogen-bond acceptors (Lipinski definition) is 10. The molecule has 0 N–H and O–H groups in total. The normalized spacial score (nSPS) is 14.4. The highest BCUT2D eigenvalue weighted by molar-refractivity contribution is 6.22. The van der Waals surface area contributed by atoms with E-state index in [2.05, 4.69) is 4.90 Å². The Morgan fingerprint density at radius 3 is 1.91 bits per heavy atom. The molecular formula is C33H33N3O9. The molecule has 0 saturated carbocycles. The van der Waals surface area contributed by atoms with Crippen LogP contribution >= 0.6 is 0 Å². The van der Waals surface area contributed by atoms with Gasteiger partial charge in [-0.05, 0) is 60.5 Å². The molecule has 2 aliphatic rings. The standard InChI is InChI=1S/C33H33N3O9/c1-20(37)44-26-16-24(17-27(19-26)45-21(2)38)33(41)36-28-8-7-25(15-22(28)6-10-31(36)39)34-11-13-35(14-12-34)32(40)23-5-9-29(42-3)30(18-23)43-4/h5,7-9,15-19H,6,10-14H2,1-4H3. The van der Waals surface area contributed by atoms with Crippen molar-refractivity contribution < 1.29 is 42.9 Å². The molecule has 0 radical (unpaired) electrons. The van der Waals surface area contributed by atoms with E-state index in [0.717, 1.165) is 16.2 Å². The molecule has 0 atom stereocenters. The predicted octanol–water partition coefficient (Wildman–Crippen LogP) is 3.64. The Morgan fingerprint density at radius 2 is 1.31 bits per heavy atom. The van der Waals surface area contributed by atoms with Crippen LogP contribution in [-0.2, 0) is 20.8 Å². The van der Waals surface area contributed by atoms with Gasteiger partial charge in [0.2, 0.25) is 5.91 Å². The van der Waals surface area contributed by atoms with Crippen molar-refractivity contribution >= 4 is 41.0 Å². The number of esters is 2. The maximum atomic E-state index is 13.7. The molecule has 3 amide bonds. The third kappa shape index (κ3) is 6.74. The van der Waals surface area contributed by atoms with E-state index in [-0.39, 0.29) is 35.3 Å². The van der Waals surface area contributed by atoms with Gasteiger partial charge in [-0.25, -0.2) is 4.90 Å². The molecule has 1 fully saturated rings. The number of fused-ring (bicyclic) bond motifs is 1. The van der Waals surface area contributed by atoms with Crippen LogP contribution in [0, 0.1) is 0 Å². The highest BCUT2D eigenvalue weighted by atomic mass is 16.5. The zero-order chi connectivity index (χ0) is 32.2. The van der Waals surface area contributed by atoms with Crippen molar-refractivity contribution in [2.45, 2.75) is 26.7 Å². The van der Waals surface area contributed by atoms with Crippen molar-refractivity contribution in [3.05, 3.63) is 71.3 Å². The molecule has 2 aliphatic heterocycles. The van der Waals surface area contributed by atoms with E-state index in [1.54, 1.807) is 36.3 Å². The predicted molar refractivity (Wildman–Crippen MR) is 163 cm³/mol. The number of methoxy groups -OCH3 is 2. The van der Waals surface area contributed by atoms with Gasteiger partial charge in [-0.2, -0.15) is 0 Å². The van der Waals surface area contributed by atoms with E-state index in [0.29, 0.717) is 55.3 Å². The summed E-state index contributed by atoms with van der Waals surface area (Å²) in [4.78, 5) is 68.1. The van der Waals surface area contributed by atoms with E-state index in [4.69, 9.17) is 18.9 Å². The highest BCUT2D eigenvalue weighted by Gasteiger charge is 2.32. The average molecular weight is 616 g/mol. The first-order chi connectivity index (χ1) is 21.6. The van der Waals surface area contributed by atoms with E-state index in [1.807, 2.05) is 12.1 Å². The third-order valence-electron chi connectivity index (χ3n) is 7.58. The largest absolute Gasteiger partial charge is 0.493 e. The quantitative estimate of drug-likeness (QED) is 0.221. The van der Waals surface area contributed by atoms with Gasteiger partial charge in [0.25, 0.3) is 11.8 Å². The topological polar surface area (TPSA) is 132 Å². The Labute approximate surface area is 260 Å². The summed E-state index contributed by atoms with van der Waals surface area (Å²) in [5, 5.41) is 0. The minimum Gasteiger partial charge on any atom is -0.493 e. The maximum absolute atomic E-state index is 13.7. The van der Waals surface area contributed by atoms with Crippen LogP contribution in [-0.4, -0.2) is 75.0 Å². The number of amides is 3. The SMILES string of the molecule is COc1ccc(C(=O)N2CCN(c3ccc4c(c3)CCC(=O)N4C(=O)c3cc(OC(C)=O)cc(OC(C)=O)c3)CC2)cc1OC. The maximum Gasteiger partial charge on any atom is 0.308 e. The number of carbonyl (C=O) groups is 5. The van der Waals surface area contributed by atoms with Gasteiger partial charge in [0.05, 0.1) is 19.9 Å². The summed E-state index contributed by atoms with van der Waals surface area (Å²) in [6.07, 6.45) is 0.575. The van der Waals surface area contributed by atoms with Crippen molar-refractivity contribution in [2.24, 2.45) is 0 Å². The van der Waals surface area contributed by atoms with Crippen molar-refractivity contribution in [1.29, 1.82) is 0 Å². The van der Waals surface area contributed by atoms with E-state index in [1.165, 1.54) is 39.2 Å². The van der Waals surface area contributed by atoms with E-state index >= 15 is 0 Å². The van der Waals surface area contributed by atoms with Crippen LogP contribution in [0.4, 0.5) is 11.4 Å². The summed E-state index contributed by atoms with van der Waals surface area (Å²) in [7, 11) is 3.07. The highest BCUT2D eigenvalue weighted by Crippen LogP contribution is 2.35. The second-order valence-electron chi connectivity index (χ2n) is 10.6. The van der Waals surface area contributed by atoms with Gasteiger partial charge < -0.3 is 28.7 Å². The Morgan fingerprint density at radius 1 is 0.667 bits per heavy atom. The fraction of sp³-hybridized carbons (Fsp3) is 0.303. The summed E-state index contributed by atoms with van der Waals surface area (Å²) in [5.74, 6) is -1.30. The van der Waals surface area contributed by atoms with Gasteiger partial charge in [-0.3, -0.25) is 24.0 Å². The zero-order valence-corrected chi connectivity index (χ0v) is 25.5. The van der Waals surface area contributed by atoms with Gasteiger partial charge in [0, 0.05) is 69.3 Å². The number of aryl methyl sites for hydroxylation is 1. The Kier molecular flexibility index (Phi) is 9.03. The van der Waals surface area contributed by atoms with E-state index < -0.39 is 17.8 Å². The molecule has 3 aromatic carbocycles. The van der Waals surface area contributed by atoms with Crippen LogP contribution < -0.4 is 28.7 Å². The van der Waals surface area contributed by atoms with E-state index in [9.17, 15) is 24.0 Å². The molecule has 0 spiro atoms. The fourth-order valence-electron chi connectivity index (χ4n) is 5.49. The van der Waals surface area contributed by atoms with Crippen LogP contribution in [0.15, 0.2) is 54.6 Å². The monoisotopic (exact) mass is 615 g/mol. The zero-order valence-electron chi connectivity index (χ0n) is 25.5. The van der Waals surface area contributed by atoms with Crippen LogP contribution in [0.2, 0.25) is 0 Å². The molecule has 2 heterocycles. The summed E-state index contributed by atoms with van der Waals surface area (Å²) < 4.78 is 20.9. The summed E-state index contributed by atoms with van der Waals surface area (Å²) in [5.41, 5.74) is 2.73. The Bertz CT molecular complexity index is 1640. The Hall–Kier alpha value is -5.39. The number of rotatable bonds is 7. The molecule has 0 unspecified atom stereocenters. The van der Waals surface area contributed by atoms with Gasteiger partial charge in [-0.15, -0.1) is 0 Å². The minimum absolute atomic E-state index is 0.00776. The molecule has 0 aliphatic carbocycles. The fourth-order valence-corrected chi connectivity index (χ4v) is 5.49. The van der Waals surface area contributed by atoms with Gasteiger partial charge in [0.1, 0.15) is 11.5 Å². The number of anilines is 2. The van der Waals surface area contributed by atoms with Crippen molar-refractivity contribution in [1.82, 2.24) is 4.90 Å². The van der Waals surface area contributed by atoms with Gasteiger partial charge in [-0.1, -0.05) is 0 Å².